The Kier molecular flexibility index (Phi) is 7.78. The lowest BCUT2D eigenvalue weighted by Crippen LogP contribution is -2.40. The Hall–Kier alpha value is -2.75. The minimum atomic E-state index is -3.68. The van der Waals surface area contributed by atoms with Crippen LogP contribution in [0.2, 0.25) is 0 Å². The van der Waals surface area contributed by atoms with Crippen LogP contribution in [0, 0.1) is 0 Å². The van der Waals surface area contributed by atoms with Crippen molar-refractivity contribution in [3.8, 4) is 0 Å². The number of rotatable bonds is 8. The maximum absolute atomic E-state index is 13.1. The molecule has 0 saturated carbocycles. The first-order chi connectivity index (χ1) is 15.0. The summed E-state index contributed by atoms with van der Waals surface area (Å²) in [6.45, 7) is 6.83. The third-order valence-corrected chi connectivity index (χ3v) is 6.93. The van der Waals surface area contributed by atoms with Crippen LogP contribution in [0.25, 0.3) is 6.08 Å². The molecule has 31 heavy (non-hydrogen) atoms. The summed E-state index contributed by atoms with van der Waals surface area (Å²) in [7, 11) is -3.68. The number of nitrogens with zero attached hydrogens (tertiary/aromatic N) is 3. The molecule has 1 saturated heterocycles. The fraction of sp³-hybridized carbons (Fsp3) is 0.364. The van der Waals surface area contributed by atoms with Gasteiger partial charge in [-0.3, -0.25) is 9.78 Å². The summed E-state index contributed by atoms with van der Waals surface area (Å²) in [6, 6.07) is 10.3. The smallest absolute Gasteiger partial charge is 0.248 e. The number of benzene rings is 1. The largest absolute Gasteiger partial charge is 0.379 e. The van der Waals surface area contributed by atoms with Crippen LogP contribution in [-0.2, 0) is 19.6 Å². The number of pyridine rings is 1. The van der Waals surface area contributed by atoms with E-state index >= 15 is 0 Å². The number of carbonyl (C=O) groups is 1. The van der Waals surface area contributed by atoms with E-state index in [-0.39, 0.29) is 10.8 Å². The molecule has 0 aliphatic carbocycles. The van der Waals surface area contributed by atoms with Crippen molar-refractivity contribution in [2.75, 3.05) is 49.6 Å². The molecule has 0 radical (unpaired) electrons. The first-order valence-electron chi connectivity index (χ1n) is 10.3. The summed E-state index contributed by atoms with van der Waals surface area (Å²) in [5.74, 6) is -0.361. The number of anilines is 2. The number of ether oxygens (including phenoxy) is 1. The van der Waals surface area contributed by atoms with Gasteiger partial charge in [-0.1, -0.05) is 6.07 Å². The number of amides is 1. The molecule has 8 nitrogen and oxygen atoms in total. The fourth-order valence-corrected chi connectivity index (χ4v) is 4.80. The van der Waals surface area contributed by atoms with E-state index in [1.165, 1.54) is 16.4 Å². The van der Waals surface area contributed by atoms with E-state index < -0.39 is 10.0 Å². The fourth-order valence-electron chi connectivity index (χ4n) is 3.36. The van der Waals surface area contributed by atoms with Gasteiger partial charge < -0.3 is 15.0 Å². The van der Waals surface area contributed by atoms with Crippen LogP contribution in [0.5, 0.6) is 0 Å². The van der Waals surface area contributed by atoms with Crippen LogP contribution in [0.15, 0.2) is 53.6 Å². The highest BCUT2D eigenvalue weighted by Crippen LogP contribution is 2.30. The second kappa shape index (κ2) is 10.5. The molecule has 2 aromatic rings. The summed E-state index contributed by atoms with van der Waals surface area (Å²) in [5, 5.41) is 2.84. The van der Waals surface area contributed by atoms with Gasteiger partial charge in [-0.2, -0.15) is 4.31 Å². The van der Waals surface area contributed by atoms with Gasteiger partial charge in [0.05, 0.1) is 35.2 Å². The van der Waals surface area contributed by atoms with E-state index in [2.05, 4.69) is 15.2 Å². The lowest BCUT2D eigenvalue weighted by atomic mass is 10.2. The molecule has 0 unspecified atom stereocenters. The molecule has 3 rings (SSSR count). The summed E-state index contributed by atoms with van der Waals surface area (Å²) >= 11 is 0. The van der Waals surface area contributed by atoms with E-state index in [1.54, 1.807) is 36.5 Å². The molecule has 0 bridgehead atoms. The standard InChI is InChI=1S/C22H28N4O4S/c1-3-25(4-2)21-10-9-19(31(28,29)26-13-15-30-16-14-26)17-20(21)24-22(27)11-8-18-7-5-6-12-23-18/h5-12,17H,3-4,13-16H2,1-2H3,(H,24,27)/b11-8+. The highest BCUT2D eigenvalue weighted by atomic mass is 32.2. The Morgan fingerprint density at radius 3 is 2.58 bits per heavy atom. The van der Waals surface area contributed by atoms with Crippen LogP contribution in [0.1, 0.15) is 19.5 Å². The number of aromatic nitrogens is 1. The SMILES string of the molecule is CCN(CC)c1ccc(S(=O)(=O)N2CCOCC2)cc1NC(=O)/C=C/c1ccccn1. The van der Waals surface area contributed by atoms with Crippen molar-refractivity contribution >= 4 is 33.4 Å². The maximum atomic E-state index is 13.1. The zero-order valence-electron chi connectivity index (χ0n) is 17.8. The van der Waals surface area contributed by atoms with Crippen molar-refractivity contribution in [1.29, 1.82) is 0 Å². The number of carbonyl (C=O) groups excluding carboxylic acids is 1. The first kappa shape index (κ1) is 22.9. The summed E-state index contributed by atoms with van der Waals surface area (Å²) < 4.78 is 32.8. The third-order valence-electron chi connectivity index (χ3n) is 5.03. The van der Waals surface area contributed by atoms with E-state index in [0.717, 1.165) is 18.8 Å². The van der Waals surface area contributed by atoms with Gasteiger partial charge in [0.25, 0.3) is 0 Å². The molecular formula is C22H28N4O4S. The van der Waals surface area contributed by atoms with Gasteiger partial charge in [0.2, 0.25) is 15.9 Å². The predicted octanol–water partition coefficient (Wildman–Crippen LogP) is 2.60. The van der Waals surface area contributed by atoms with Crippen molar-refractivity contribution < 1.29 is 17.9 Å². The molecule has 1 aromatic carbocycles. The number of nitrogens with one attached hydrogen (secondary N) is 1. The van der Waals surface area contributed by atoms with Crippen molar-refractivity contribution in [1.82, 2.24) is 9.29 Å². The number of morpholine rings is 1. The third kappa shape index (κ3) is 5.69. The summed E-state index contributed by atoms with van der Waals surface area (Å²) in [5.41, 5.74) is 1.88. The highest BCUT2D eigenvalue weighted by Gasteiger charge is 2.27. The normalized spacial score (nSPS) is 15.2. The van der Waals surface area contributed by atoms with Gasteiger partial charge in [-0.15, -0.1) is 0 Å². The van der Waals surface area contributed by atoms with E-state index in [0.29, 0.717) is 37.7 Å². The molecule has 0 spiro atoms. The Labute approximate surface area is 183 Å². The van der Waals surface area contributed by atoms with Gasteiger partial charge in [0.1, 0.15) is 0 Å². The molecule has 1 fully saturated rings. The second-order valence-corrected chi connectivity index (χ2v) is 8.88. The average Bonchev–Trinajstić information content (AvgIpc) is 2.80. The molecule has 166 valence electrons. The average molecular weight is 445 g/mol. The van der Waals surface area contributed by atoms with Gasteiger partial charge in [0, 0.05) is 38.5 Å². The molecule has 1 aliphatic heterocycles. The van der Waals surface area contributed by atoms with Gasteiger partial charge in [-0.05, 0) is 50.3 Å². The predicted molar refractivity (Wildman–Crippen MR) is 121 cm³/mol. The minimum absolute atomic E-state index is 0.148. The first-order valence-corrected chi connectivity index (χ1v) is 11.8. The van der Waals surface area contributed by atoms with Crippen LogP contribution in [-0.4, -0.2) is 63.0 Å². The summed E-state index contributed by atoms with van der Waals surface area (Å²) in [6.07, 6.45) is 4.65. The Balaban J connectivity index is 1.90. The zero-order chi connectivity index (χ0) is 22.3. The minimum Gasteiger partial charge on any atom is -0.379 e. The number of hydrogen-bond acceptors (Lipinski definition) is 6. The van der Waals surface area contributed by atoms with E-state index in [9.17, 15) is 13.2 Å². The quantitative estimate of drug-likeness (QED) is 0.630. The Bertz CT molecular complexity index is 1020. The molecule has 9 heteroatoms. The highest BCUT2D eigenvalue weighted by molar-refractivity contribution is 7.89. The van der Waals surface area contributed by atoms with Crippen molar-refractivity contribution in [2.24, 2.45) is 0 Å². The topological polar surface area (TPSA) is 91.8 Å². The van der Waals surface area contributed by atoms with E-state index in [4.69, 9.17) is 4.74 Å². The monoisotopic (exact) mass is 444 g/mol. The molecule has 1 aliphatic rings. The van der Waals surface area contributed by atoms with Crippen LogP contribution in [0.4, 0.5) is 11.4 Å². The lowest BCUT2D eigenvalue weighted by molar-refractivity contribution is -0.111. The van der Waals surface area contributed by atoms with Crippen LogP contribution >= 0.6 is 0 Å². The van der Waals surface area contributed by atoms with Gasteiger partial charge in [0.15, 0.2) is 0 Å². The van der Waals surface area contributed by atoms with Gasteiger partial charge >= 0.3 is 0 Å². The second-order valence-electron chi connectivity index (χ2n) is 6.94. The van der Waals surface area contributed by atoms with Crippen molar-refractivity contribution in [3.63, 3.8) is 0 Å². The molecule has 1 amide bonds. The summed E-state index contributed by atoms with van der Waals surface area (Å²) in [4.78, 5) is 18.9. The molecule has 2 heterocycles. The molecule has 1 aromatic heterocycles. The van der Waals surface area contributed by atoms with Crippen molar-refractivity contribution in [2.45, 2.75) is 18.7 Å². The molecule has 1 N–H and O–H groups in total. The lowest BCUT2D eigenvalue weighted by Gasteiger charge is -2.28. The number of hydrogen-bond donors (Lipinski definition) is 1. The molecule has 0 atom stereocenters. The van der Waals surface area contributed by atoms with Gasteiger partial charge in [-0.25, -0.2) is 8.42 Å². The van der Waals surface area contributed by atoms with Crippen molar-refractivity contribution in [3.05, 3.63) is 54.4 Å². The maximum Gasteiger partial charge on any atom is 0.248 e. The van der Waals surface area contributed by atoms with Crippen LogP contribution in [0.3, 0.4) is 0 Å². The van der Waals surface area contributed by atoms with E-state index in [1.807, 2.05) is 19.9 Å². The Morgan fingerprint density at radius 1 is 1.19 bits per heavy atom. The Morgan fingerprint density at radius 2 is 1.94 bits per heavy atom. The van der Waals surface area contributed by atoms with Crippen LogP contribution < -0.4 is 10.2 Å². The zero-order valence-corrected chi connectivity index (χ0v) is 18.6. The number of sulfonamides is 1. The molecular weight excluding hydrogens is 416 g/mol.